The SMILES string of the molecule is CC(Cc1ccc(-c2ccc(SN(C)C[C@H](O)CNC(C)(C)CC3Cc4ccccc4C3)cc2)cc1)C(=O)O. The Balaban J connectivity index is 1.20. The Labute approximate surface area is 237 Å². The number of β-amino-alcohol motifs (C(OH)–C–C–N with tert-alkyl or cyclic N) is 1. The van der Waals surface area contributed by atoms with Gasteiger partial charge in [-0.3, -0.25) is 4.79 Å². The summed E-state index contributed by atoms with van der Waals surface area (Å²) in [6, 6.07) is 25.3. The van der Waals surface area contributed by atoms with Crippen LogP contribution in [0.5, 0.6) is 0 Å². The summed E-state index contributed by atoms with van der Waals surface area (Å²) in [7, 11) is 2.01. The van der Waals surface area contributed by atoms with Crippen LogP contribution in [0.15, 0.2) is 77.7 Å². The number of likely N-dealkylation sites (N-methyl/N-ethyl adjacent to an activating group) is 1. The molecular weight excluding hydrogens is 504 g/mol. The third kappa shape index (κ3) is 8.67. The Kier molecular flexibility index (Phi) is 9.89. The van der Waals surface area contributed by atoms with Crippen LogP contribution in [0.3, 0.4) is 0 Å². The summed E-state index contributed by atoms with van der Waals surface area (Å²) in [5.41, 5.74) is 6.22. The van der Waals surface area contributed by atoms with Gasteiger partial charge in [0, 0.05) is 23.5 Å². The molecule has 0 bridgehead atoms. The molecular formula is C33H42N2O3S. The van der Waals surface area contributed by atoms with Crippen LogP contribution in [0.2, 0.25) is 0 Å². The van der Waals surface area contributed by atoms with Crippen LogP contribution >= 0.6 is 11.9 Å². The molecule has 1 aliphatic carbocycles. The molecule has 5 nitrogen and oxygen atoms in total. The van der Waals surface area contributed by atoms with E-state index in [0.717, 1.165) is 40.8 Å². The second kappa shape index (κ2) is 13.1. The Morgan fingerprint density at radius 3 is 2.13 bits per heavy atom. The molecule has 2 atom stereocenters. The number of aliphatic hydroxyl groups excluding tert-OH is 1. The molecule has 0 heterocycles. The second-order valence-electron chi connectivity index (χ2n) is 11.7. The van der Waals surface area contributed by atoms with Crippen LogP contribution < -0.4 is 5.32 Å². The van der Waals surface area contributed by atoms with Crippen molar-refractivity contribution in [2.24, 2.45) is 11.8 Å². The molecule has 0 aliphatic heterocycles. The quantitative estimate of drug-likeness (QED) is 0.225. The van der Waals surface area contributed by atoms with E-state index >= 15 is 0 Å². The van der Waals surface area contributed by atoms with Crippen molar-refractivity contribution in [3.05, 3.63) is 89.5 Å². The topological polar surface area (TPSA) is 72.8 Å². The van der Waals surface area contributed by atoms with E-state index in [-0.39, 0.29) is 11.5 Å². The van der Waals surface area contributed by atoms with E-state index < -0.39 is 12.1 Å². The van der Waals surface area contributed by atoms with Gasteiger partial charge in [-0.1, -0.05) is 67.6 Å². The minimum absolute atomic E-state index is 0.0259. The van der Waals surface area contributed by atoms with Crippen LogP contribution in [-0.2, 0) is 24.1 Å². The second-order valence-corrected chi connectivity index (χ2v) is 13.0. The van der Waals surface area contributed by atoms with E-state index in [0.29, 0.717) is 25.4 Å². The maximum absolute atomic E-state index is 11.1. The summed E-state index contributed by atoms with van der Waals surface area (Å²) in [4.78, 5) is 12.2. The van der Waals surface area contributed by atoms with Gasteiger partial charge in [0.25, 0.3) is 0 Å². The number of rotatable bonds is 13. The predicted octanol–water partition coefficient (Wildman–Crippen LogP) is 6.09. The van der Waals surface area contributed by atoms with E-state index in [2.05, 4.69) is 84.1 Å². The Morgan fingerprint density at radius 1 is 1.00 bits per heavy atom. The molecule has 0 saturated heterocycles. The molecule has 0 fully saturated rings. The van der Waals surface area contributed by atoms with Crippen LogP contribution in [0, 0.1) is 11.8 Å². The highest BCUT2D eigenvalue weighted by molar-refractivity contribution is 7.97. The number of nitrogens with one attached hydrogen (secondary N) is 1. The van der Waals surface area contributed by atoms with Crippen LogP contribution in [0.25, 0.3) is 11.1 Å². The molecule has 0 amide bonds. The van der Waals surface area contributed by atoms with Crippen LogP contribution in [-0.4, -0.2) is 52.3 Å². The average Bonchev–Trinajstić information content (AvgIpc) is 3.30. The molecule has 0 radical (unpaired) electrons. The summed E-state index contributed by atoms with van der Waals surface area (Å²) in [6.07, 6.45) is 3.48. The van der Waals surface area contributed by atoms with Crippen molar-refractivity contribution in [2.75, 3.05) is 20.1 Å². The van der Waals surface area contributed by atoms with Gasteiger partial charge in [0.15, 0.2) is 0 Å². The van der Waals surface area contributed by atoms with Crippen LogP contribution in [0.4, 0.5) is 0 Å². The standard InChI is InChI=1S/C33H42N2O3S/c1-23(32(37)38)17-24-9-11-26(12-10-24)27-13-15-31(16-14-27)39-35(4)22-30(36)21-34-33(2,3)20-25-18-28-7-5-6-8-29(28)19-25/h5-16,23,25,30,34,36H,17-22H2,1-4H3,(H,37,38)/t23?,30-/m1/s1. The van der Waals surface area contributed by atoms with E-state index in [9.17, 15) is 9.90 Å². The van der Waals surface area contributed by atoms with Gasteiger partial charge in [0.1, 0.15) is 0 Å². The number of fused-ring (bicyclic) bond motifs is 1. The summed E-state index contributed by atoms with van der Waals surface area (Å²) < 4.78 is 2.08. The Morgan fingerprint density at radius 2 is 1.56 bits per heavy atom. The van der Waals surface area contributed by atoms with Gasteiger partial charge >= 0.3 is 5.97 Å². The predicted molar refractivity (Wildman–Crippen MR) is 161 cm³/mol. The molecule has 3 N–H and O–H groups in total. The molecule has 0 saturated carbocycles. The highest BCUT2D eigenvalue weighted by Crippen LogP contribution is 2.32. The average molecular weight is 547 g/mol. The normalized spacial score (nSPS) is 15.3. The maximum atomic E-state index is 11.1. The zero-order valence-corrected chi connectivity index (χ0v) is 24.4. The largest absolute Gasteiger partial charge is 0.481 e. The Bertz CT molecular complexity index is 1200. The number of aliphatic hydroxyl groups is 1. The highest BCUT2D eigenvalue weighted by atomic mass is 32.2. The number of hydrogen-bond acceptors (Lipinski definition) is 5. The minimum atomic E-state index is -0.768. The molecule has 1 aliphatic rings. The first-order chi connectivity index (χ1) is 18.6. The molecule has 6 heteroatoms. The lowest BCUT2D eigenvalue weighted by atomic mass is 9.88. The number of benzene rings is 3. The molecule has 3 aromatic carbocycles. The highest BCUT2D eigenvalue weighted by Gasteiger charge is 2.28. The van der Waals surface area contributed by atoms with Gasteiger partial charge in [-0.15, -0.1) is 0 Å². The third-order valence-corrected chi connectivity index (χ3v) is 8.53. The summed E-state index contributed by atoms with van der Waals surface area (Å²) in [5, 5.41) is 23.4. The number of carboxylic acids is 1. The first-order valence-electron chi connectivity index (χ1n) is 13.9. The fraction of sp³-hybridized carbons (Fsp3) is 0.424. The van der Waals surface area contributed by atoms with Crippen molar-refractivity contribution in [1.29, 1.82) is 0 Å². The monoisotopic (exact) mass is 546 g/mol. The van der Waals surface area contributed by atoms with Crippen molar-refractivity contribution in [2.45, 2.75) is 63.0 Å². The lowest BCUT2D eigenvalue weighted by Gasteiger charge is -2.31. The molecule has 0 spiro atoms. The van der Waals surface area contributed by atoms with Crippen LogP contribution in [0.1, 0.15) is 43.9 Å². The smallest absolute Gasteiger partial charge is 0.306 e. The van der Waals surface area contributed by atoms with Crippen molar-refractivity contribution in [3.63, 3.8) is 0 Å². The lowest BCUT2D eigenvalue weighted by molar-refractivity contribution is -0.141. The van der Waals surface area contributed by atoms with E-state index in [4.69, 9.17) is 5.11 Å². The Hall–Kier alpha value is -2.64. The van der Waals surface area contributed by atoms with Crippen molar-refractivity contribution >= 4 is 17.9 Å². The fourth-order valence-electron chi connectivity index (χ4n) is 5.54. The molecule has 39 heavy (non-hydrogen) atoms. The van der Waals surface area contributed by atoms with Gasteiger partial charge in [-0.2, -0.15) is 0 Å². The third-order valence-electron chi connectivity index (χ3n) is 7.58. The number of carbonyl (C=O) groups is 1. The first kappa shape index (κ1) is 29.3. The zero-order chi connectivity index (χ0) is 28.0. The van der Waals surface area contributed by atoms with Gasteiger partial charge in [0.2, 0.25) is 0 Å². The van der Waals surface area contributed by atoms with Gasteiger partial charge < -0.3 is 15.5 Å². The van der Waals surface area contributed by atoms with Gasteiger partial charge in [0.05, 0.1) is 12.0 Å². The first-order valence-corrected chi connectivity index (χ1v) is 14.7. The fourth-order valence-corrected chi connectivity index (χ4v) is 6.41. The lowest BCUT2D eigenvalue weighted by Crippen LogP contribution is -2.46. The maximum Gasteiger partial charge on any atom is 0.306 e. The summed E-state index contributed by atoms with van der Waals surface area (Å²) >= 11 is 1.63. The number of nitrogens with zero attached hydrogens (tertiary/aromatic N) is 1. The molecule has 1 unspecified atom stereocenters. The zero-order valence-electron chi connectivity index (χ0n) is 23.6. The van der Waals surface area contributed by atoms with E-state index in [1.165, 1.54) is 11.1 Å². The van der Waals surface area contributed by atoms with Crippen molar-refractivity contribution in [3.8, 4) is 11.1 Å². The molecule has 208 valence electrons. The molecule has 3 aromatic rings. The summed E-state index contributed by atoms with van der Waals surface area (Å²) in [6.45, 7) is 7.36. The molecule has 0 aromatic heterocycles. The van der Waals surface area contributed by atoms with Gasteiger partial charge in [-0.25, -0.2) is 4.31 Å². The van der Waals surface area contributed by atoms with Crippen molar-refractivity contribution < 1.29 is 15.0 Å². The van der Waals surface area contributed by atoms with Crippen molar-refractivity contribution in [1.82, 2.24) is 9.62 Å². The minimum Gasteiger partial charge on any atom is -0.481 e. The summed E-state index contributed by atoms with van der Waals surface area (Å²) in [5.74, 6) is -0.502. The molecule has 4 rings (SSSR count). The van der Waals surface area contributed by atoms with E-state index in [1.54, 1.807) is 18.9 Å². The number of hydrogen-bond donors (Lipinski definition) is 3. The number of carboxylic acid groups (broad SMARTS) is 1. The van der Waals surface area contributed by atoms with Gasteiger partial charge in [-0.05, 0) is 104 Å². The van der Waals surface area contributed by atoms with E-state index in [1.807, 2.05) is 19.2 Å². The number of aliphatic carboxylic acids is 1.